The van der Waals surface area contributed by atoms with Crippen molar-refractivity contribution in [3.8, 4) is 34.7 Å². The summed E-state index contributed by atoms with van der Waals surface area (Å²) in [5.41, 5.74) is 1.20. The number of hydrogen-bond acceptors (Lipinski definition) is 6. The lowest BCUT2D eigenvalue weighted by molar-refractivity contribution is 0.474. The van der Waals surface area contributed by atoms with E-state index in [1.54, 1.807) is 48.5 Å². The lowest BCUT2D eigenvalue weighted by Gasteiger charge is -1.96. The maximum Gasteiger partial charge on any atom is 0.238 e. The zero-order chi connectivity index (χ0) is 17.9. The first-order valence-electron chi connectivity index (χ1n) is 7.74. The predicted molar refractivity (Wildman–Crippen MR) is 94.2 cm³/mol. The number of aliphatic imine (C=N–C) groups is 1. The van der Waals surface area contributed by atoms with Crippen LogP contribution in [0.3, 0.4) is 0 Å². The molecule has 0 aliphatic rings. The van der Waals surface area contributed by atoms with Crippen molar-refractivity contribution >= 4 is 12.1 Å². The lowest BCUT2D eigenvalue weighted by atomic mass is 10.1. The van der Waals surface area contributed by atoms with Crippen LogP contribution in [0.25, 0.3) is 22.8 Å². The van der Waals surface area contributed by atoms with Crippen molar-refractivity contribution in [2.75, 3.05) is 0 Å². The van der Waals surface area contributed by atoms with E-state index in [9.17, 15) is 10.4 Å². The van der Waals surface area contributed by atoms with Crippen LogP contribution in [0, 0.1) is 11.3 Å². The average Bonchev–Trinajstić information content (AvgIpc) is 3.39. The highest BCUT2D eigenvalue weighted by atomic mass is 16.4. The monoisotopic (exact) mass is 344 g/mol. The van der Waals surface area contributed by atoms with Crippen LogP contribution < -0.4 is 0 Å². The Balaban J connectivity index is 1.87. The largest absolute Gasteiger partial charge is 0.507 e. The molecule has 0 saturated heterocycles. The van der Waals surface area contributed by atoms with Crippen molar-refractivity contribution in [1.29, 1.82) is 5.26 Å². The number of rotatable bonds is 4. The van der Waals surface area contributed by atoms with Gasteiger partial charge in [-0.15, -0.1) is 0 Å². The zero-order valence-electron chi connectivity index (χ0n) is 13.4. The summed E-state index contributed by atoms with van der Waals surface area (Å²) < 4.78 is 16.7. The van der Waals surface area contributed by atoms with E-state index in [4.69, 9.17) is 13.3 Å². The standard InChI is InChI=1S/C20H12N2O4/c21-11-14-18(16-7-3-9-24-16)19(17-8-4-10-25-17)26-20(14)22-12-13-5-1-2-6-15(13)23/h1-10,12,23H. The topological polar surface area (TPSA) is 95.8 Å². The fraction of sp³-hybridized carbons (Fsp3) is 0. The van der Waals surface area contributed by atoms with Gasteiger partial charge < -0.3 is 18.4 Å². The number of phenolic OH excluding ortho intramolecular Hbond substituents is 1. The van der Waals surface area contributed by atoms with E-state index >= 15 is 0 Å². The van der Waals surface area contributed by atoms with Crippen LogP contribution in [-0.4, -0.2) is 11.3 Å². The number of phenols is 1. The highest BCUT2D eigenvalue weighted by Crippen LogP contribution is 2.42. The molecule has 0 unspecified atom stereocenters. The van der Waals surface area contributed by atoms with Crippen LogP contribution in [0.2, 0.25) is 0 Å². The third-order valence-corrected chi connectivity index (χ3v) is 3.77. The number of para-hydroxylation sites is 1. The van der Waals surface area contributed by atoms with Crippen molar-refractivity contribution in [3.63, 3.8) is 0 Å². The molecule has 4 aromatic rings. The van der Waals surface area contributed by atoms with Gasteiger partial charge >= 0.3 is 0 Å². The third kappa shape index (κ3) is 2.68. The van der Waals surface area contributed by atoms with Gasteiger partial charge in [-0.3, -0.25) is 0 Å². The molecule has 0 aliphatic carbocycles. The van der Waals surface area contributed by atoms with E-state index < -0.39 is 0 Å². The van der Waals surface area contributed by atoms with Crippen molar-refractivity contribution in [2.45, 2.75) is 0 Å². The zero-order valence-corrected chi connectivity index (χ0v) is 13.4. The molecule has 1 aromatic carbocycles. The van der Waals surface area contributed by atoms with Crippen LogP contribution in [0.5, 0.6) is 5.75 Å². The average molecular weight is 344 g/mol. The highest BCUT2D eigenvalue weighted by Gasteiger charge is 2.25. The molecule has 0 fully saturated rings. The summed E-state index contributed by atoms with van der Waals surface area (Å²) in [5, 5.41) is 19.5. The molecular weight excluding hydrogens is 332 g/mol. The molecule has 0 aliphatic heterocycles. The quantitative estimate of drug-likeness (QED) is 0.518. The van der Waals surface area contributed by atoms with Gasteiger partial charge in [-0.2, -0.15) is 5.26 Å². The van der Waals surface area contributed by atoms with Crippen LogP contribution in [-0.2, 0) is 0 Å². The summed E-state index contributed by atoms with van der Waals surface area (Å²) in [5.74, 6) is 1.47. The van der Waals surface area contributed by atoms with Crippen LogP contribution >= 0.6 is 0 Å². The minimum absolute atomic E-state index is 0.0822. The molecular formula is C20H12N2O4. The summed E-state index contributed by atoms with van der Waals surface area (Å²) in [7, 11) is 0. The van der Waals surface area contributed by atoms with E-state index in [0.717, 1.165) is 0 Å². The van der Waals surface area contributed by atoms with Crippen LogP contribution in [0.15, 0.2) is 79.3 Å². The van der Waals surface area contributed by atoms with Gasteiger partial charge in [0.05, 0.1) is 18.1 Å². The molecule has 4 rings (SSSR count). The van der Waals surface area contributed by atoms with E-state index in [-0.39, 0.29) is 17.2 Å². The number of hydrogen-bond donors (Lipinski definition) is 1. The van der Waals surface area contributed by atoms with Gasteiger partial charge in [0.15, 0.2) is 11.5 Å². The number of nitriles is 1. The van der Waals surface area contributed by atoms with Crippen LogP contribution in [0.1, 0.15) is 11.1 Å². The molecule has 6 nitrogen and oxygen atoms in total. The predicted octanol–water partition coefficient (Wildman–Crippen LogP) is 5.13. The van der Waals surface area contributed by atoms with Gasteiger partial charge in [-0.1, -0.05) is 12.1 Å². The van der Waals surface area contributed by atoms with Gasteiger partial charge in [-0.05, 0) is 36.4 Å². The Labute approximate surface area is 148 Å². The minimum Gasteiger partial charge on any atom is -0.507 e. The van der Waals surface area contributed by atoms with E-state index in [1.165, 1.54) is 18.7 Å². The van der Waals surface area contributed by atoms with E-state index in [1.807, 2.05) is 0 Å². The number of nitrogens with zero attached hydrogens (tertiary/aromatic N) is 2. The van der Waals surface area contributed by atoms with Gasteiger partial charge in [0.25, 0.3) is 0 Å². The second-order valence-corrected chi connectivity index (χ2v) is 5.37. The molecule has 3 heterocycles. The Morgan fingerprint density at radius 2 is 1.69 bits per heavy atom. The number of aromatic hydroxyl groups is 1. The van der Waals surface area contributed by atoms with Crippen molar-refractivity contribution in [1.82, 2.24) is 0 Å². The molecule has 3 aromatic heterocycles. The molecule has 0 radical (unpaired) electrons. The fourth-order valence-corrected chi connectivity index (χ4v) is 2.58. The van der Waals surface area contributed by atoms with Gasteiger partial charge in [0.2, 0.25) is 5.88 Å². The summed E-state index contributed by atoms with van der Waals surface area (Å²) in [6.45, 7) is 0. The fourth-order valence-electron chi connectivity index (χ4n) is 2.58. The molecule has 126 valence electrons. The molecule has 0 atom stereocenters. The first kappa shape index (κ1) is 15.5. The Morgan fingerprint density at radius 3 is 2.35 bits per heavy atom. The van der Waals surface area contributed by atoms with E-state index in [2.05, 4.69) is 11.1 Å². The Kier molecular flexibility index (Phi) is 3.88. The number of furan rings is 3. The third-order valence-electron chi connectivity index (χ3n) is 3.77. The molecule has 0 saturated carbocycles. The Bertz CT molecular complexity index is 1100. The van der Waals surface area contributed by atoms with Gasteiger partial charge in [0.1, 0.15) is 23.1 Å². The molecule has 0 bridgehead atoms. The first-order valence-corrected chi connectivity index (χ1v) is 7.74. The van der Waals surface area contributed by atoms with Crippen molar-refractivity contribution in [3.05, 3.63) is 72.2 Å². The number of benzene rings is 1. The van der Waals surface area contributed by atoms with Crippen molar-refractivity contribution < 1.29 is 18.4 Å². The first-order chi connectivity index (χ1) is 12.8. The smallest absolute Gasteiger partial charge is 0.238 e. The molecule has 6 heteroatoms. The Hall–Kier alpha value is -3.98. The van der Waals surface area contributed by atoms with Crippen LogP contribution in [0.4, 0.5) is 5.88 Å². The second-order valence-electron chi connectivity index (χ2n) is 5.37. The Morgan fingerprint density at radius 1 is 0.962 bits per heavy atom. The minimum atomic E-state index is 0.0822. The molecule has 0 spiro atoms. The maximum absolute atomic E-state index is 9.86. The van der Waals surface area contributed by atoms with Gasteiger partial charge in [0, 0.05) is 11.8 Å². The summed E-state index contributed by atoms with van der Waals surface area (Å²) >= 11 is 0. The summed E-state index contributed by atoms with van der Waals surface area (Å²) in [6.07, 6.45) is 4.47. The molecule has 1 N–H and O–H groups in total. The lowest BCUT2D eigenvalue weighted by Crippen LogP contribution is -1.82. The normalized spacial score (nSPS) is 11.0. The molecule has 26 heavy (non-hydrogen) atoms. The summed E-state index contributed by atoms with van der Waals surface area (Å²) in [6, 6.07) is 15.8. The molecule has 0 amide bonds. The summed E-state index contributed by atoms with van der Waals surface area (Å²) in [4.78, 5) is 4.25. The maximum atomic E-state index is 9.86. The van der Waals surface area contributed by atoms with Crippen molar-refractivity contribution in [2.24, 2.45) is 4.99 Å². The van der Waals surface area contributed by atoms with Gasteiger partial charge in [-0.25, -0.2) is 4.99 Å². The SMILES string of the molecule is N#Cc1c(N=Cc2ccccc2O)oc(-c2ccco2)c1-c1ccco1. The highest BCUT2D eigenvalue weighted by molar-refractivity contribution is 5.88. The second kappa shape index (κ2) is 6.49. The van der Waals surface area contributed by atoms with E-state index in [0.29, 0.717) is 28.4 Å².